The highest BCUT2D eigenvalue weighted by Crippen LogP contribution is 2.15. The van der Waals surface area contributed by atoms with Gasteiger partial charge >= 0.3 is 0 Å². The molecule has 92 valence electrons. The van der Waals surface area contributed by atoms with Gasteiger partial charge in [0.25, 0.3) is 0 Å². The lowest BCUT2D eigenvalue weighted by molar-refractivity contribution is -0.119. The monoisotopic (exact) mass is 231 g/mol. The van der Waals surface area contributed by atoms with Gasteiger partial charge in [-0.25, -0.2) is 0 Å². The smallest absolute Gasteiger partial charge is 0.220 e. The van der Waals surface area contributed by atoms with Crippen LogP contribution in [0.5, 0.6) is 0 Å². The summed E-state index contributed by atoms with van der Waals surface area (Å²) >= 11 is 0. The van der Waals surface area contributed by atoms with Gasteiger partial charge in [-0.15, -0.1) is 0 Å². The topological polar surface area (TPSA) is 29.1 Å². The average molecular weight is 231 g/mol. The number of hydrogen-bond acceptors (Lipinski definition) is 1. The number of hydrogen-bond donors (Lipinski definition) is 1. The summed E-state index contributed by atoms with van der Waals surface area (Å²) in [6, 6.07) is 9.17. The van der Waals surface area contributed by atoms with Gasteiger partial charge in [0, 0.05) is 12.5 Å². The number of benzene rings is 1. The highest BCUT2D eigenvalue weighted by Gasteiger charge is 2.20. The van der Waals surface area contributed by atoms with Crippen LogP contribution in [0.15, 0.2) is 24.3 Å². The highest BCUT2D eigenvalue weighted by molar-refractivity contribution is 5.78. The van der Waals surface area contributed by atoms with Crippen molar-refractivity contribution in [3.05, 3.63) is 35.4 Å². The van der Waals surface area contributed by atoms with E-state index in [9.17, 15) is 4.79 Å². The van der Waals surface area contributed by atoms with E-state index in [1.165, 1.54) is 11.1 Å². The summed E-state index contributed by atoms with van der Waals surface area (Å²) in [7, 11) is 0. The van der Waals surface area contributed by atoms with Crippen molar-refractivity contribution in [3.8, 4) is 0 Å². The van der Waals surface area contributed by atoms with Gasteiger partial charge in [-0.3, -0.25) is 4.79 Å². The van der Waals surface area contributed by atoms with E-state index in [0.717, 1.165) is 19.3 Å². The van der Waals surface area contributed by atoms with E-state index >= 15 is 0 Å². The van der Waals surface area contributed by atoms with Gasteiger partial charge in [-0.2, -0.15) is 0 Å². The Labute approximate surface area is 103 Å². The Hall–Kier alpha value is -1.31. The number of carbonyl (C=O) groups is 1. The summed E-state index contributed by atoms with van der Waals surface area (Å²) in [5.74, 6) is 0.904. The van der Waals surface area contributed by atoms with Crippen molar-refractivity contribution in [2.75, 3.05) is 0 Å². The molecule has 2 heteroatoms. The first-order valence-corrected chi connectivity index (χ1v) is 6.50. The normalized spacial score (nSPS) is 19.7. The second-order valence-corrected chi connectivity index (χ2v) is 5.42. The molecule has 1 atom stereocenters. The predicted octanol–water partition coefficient (Wildman–Crippen LogP) is 2.71. The van der Waals surface area contributed by atoms with Crippen molar-refractivity contribution >= 4 is 5.91 Å². The molecule has 2 rings (SSSR count). The molecule has 0 spiro atoms. The van der Waals surface area contributed by atoms with Crippen LogP contribution in [0.3, 0.4) is 0 Å². The van der Waals surface area contributed by atoms with Crippen molar-refractivity contribution in [1.29, 1.82) is 0 Å². The minimum Gasteiger partial charge on any atom is -0.353 e. The summed E-state index contributed by atoms with van der Waals surface area (Å²) in [6.45, 7) is 4.48. The lowest BCUT2D eigenvalue weighted by atomic mass is 9.99. The first-order valence-electron chi connectivity index (χ1n) is 6.50. The number of carbonyl (C=O) groups excluding carboxylic acids is 1. The van der Waals surface area contributed by atoms with Crippen LogP contribution in [0, 0.1) is 5.92 Å². The quantitative estimate of drug-likeness (QED) is 0.848. The molecule has 1 unspecified atom stereocenters. The van der Waals surface area contributed by atoms with Gasteiger partial charge in [0.05, 0.1) is 0 Å². The van der Waals surface area contributed by atoms with Crippen LogP contribution in [0.4, 0.5) is 0 Å². The molecule has 17 heavy (non-hydrogen) atoms. The largest absolute Gasteiger partial charge is 0.353 e. The van der Waals surface area contributed by atoms with Crippen LogP contribution in [-0.4, -0.2) is 11.9 Å². The Bertz CT molecular complexity index is 380. The fourth-order valence-electron chi connectivity index (χ4n) is 2.40. The Balaban J connectivity index is 1.91. The van der Waals surface area contributed by atoms with Crippen LogP contribution in [0.2, 0.25) is 0 Å². The molecule has 2 nitrogen and oxygen atoms in total. The molecule has 0 bridgehead atoms. The fourth-order valence-corrected chi connectivity index (χ4v) is 2.40. The standard InChI is InChI=1S/C15H21NO/c1-11(2)9-12-3-5-13(6-4-12)10-14-7-8-15(17)16-14/h3-6,11,14H,7-10H2,1-2H3,(H,16,17). The number of rotatable bonds is 4. The van der Waals surface area contributed by atoms with Crippen molar-refractivity contribution in [3.63, 3.8) is 0 Å². The third-order valence-corrected chi connectivity index (χ3v) is 3.23. The third-order valence-electron chi connectivity index (χ3n) is 3.23. The Kier molecular flexibility index (Phi) is 3.82. The Morgan fingerprint density at radius 2 is 1.88 bits per heavy atom. The molecule has 1 aliphatic rings. The summed E-state index contributed by atoms with van der Waals surface area (Å²) in [4.78, 5) is 11.1. The minimum atomic E-state index is 0.200. The maximum atomic E-state index is 11.1. The van der Waals surface area contributed by atoms with Gasteiger partial charge in [0.1, 0.15) is 0 Å². The molecule has 0 aliphatic carbocycles. The van der Waals surface area contributed by atoms with Crippen molar-refractivity contribution in [2.45, 2.75) is 45.6 Å². The summed E-state index contributed by atoms with van der Waals surface area (Å²) in [6.07, 6.45) is 3.77. The van der Waals surface area contributed by atoms with E-state index in [1.807, 2.05) is 0 Å². The lowest BCUT2D eigenvalue weighted by Gasteiger charge is -2.11. The SMILES string of the molecule is CC(C)Cc1ccc(CC2CCC(=O)N2)cc1. The molecule has 1 heterocycles. The van der Waals surface area contributed by atoms with Gasteiger partial charge in [0.2, 0.25) is 5.91 Å². The van der Waals surface area contributed by atoms with Crippen LogP contribution in [0.25, 0.3) is 0 Å². The van der Waals surface area contributed by atoms with E-state index in [4.69, 9.17) is 0 Å². The molecule has 1 aliphatic heterocycles. The number of nitrogens with one attached hydrogen (secondary N) is 1. The van der Waals surface area contributed by atoms with Crippen molar-refractivity contribution in [2.24, 2.45) is 5.92 Å². The summed E-state index contributed by atoms with van der Waals surface area (Å²) in [5.41, 5.74) is 2.73. The van der Waals surface area contributed by atoms with Crippen molar-refractivity contribution in [1.82, 2.24) is 5.32 Å². The van der Waals surface area contributed by atoms with Crippen LogP contribution in [-0.2, 0) is 17.6 Å². The highest BCUT2D eigenvalue weighted by atomic mass is 16.1. The minimum absolute atomic E-state index is 0.200. The zero-order valence-corrected chi connectivity index (χ0v) is 10.7. The molecular weight excluding hydrogens is 210 g/mol. The molecular formula is C15H21NO. The molecule has 1 aromatic rings. The summed E-state index contributed by atoms with van der Waals surface area (Å²) < 4.78 is 0. The molecule has 1 amide bonds. The van der Waals surface area contributed by atoms with Crippen LogP contribution >= 0.6 is 0 Å². The van der Waals surface area contributed by atoms with E-state index < -0.39 is 0 Å². The first kappa shape index (κ1) is 12.2. The fraction of sp³-hybridized carbons (Fsp3) is 0.533. The third kappa shape index (κ3) is 3.58. The molecule has 0 saturated carbocycles. The van der Waals surface area contributed by atoms with Crippen LogP contribution < -0.4 is 5.32 Å². The first-order chi connectivity index (χ1) is 8.13. The average Bonchev–Trinajstić information content (AvgIpc) is 2.66. The van der Waals surface area contributed by atoms with E-state index in [-0.39, 0.29) is 5.91 Å². The second kappa shape index (κ2) is 5.35. The molecule has 0 aromatic heterocycles. The van der Waals surface area contributed by atoms with Gasteiger partial charge in [0.15, 0.2) is 0 Å². The lowest BCUT2D eigenvalue weighted by Crippen LogP contribution is -2.27. The van der Waals surface area contributed by atoms with Gasteiger partial charge < -0.3 is 5.32 Å². The molecule has 0 radical (unpaired) electrons. The van der Waals surface area contributed by atoms with E-state index in [0.29, 0.717) is 18.4 Å². The summed E-state index contributed by atoms with van der Waals surface area (Å²) in [5, 5.41) is 3.01. The molecule has 1 N–H and O–H groups in total. The van der Waals surface area contributed by atoms with E-state index in [1.54, 1.807) is 0 Å². The van der Waals surface area contributed by atoms with Gasteiger partial charge in [-0.05, 0) is 36.3 Å². The molecule has 1 fully saturated rings. The predicted molar refractivity (Wildman–Crippen MR) is 69.9 cm³/mol. The maximum Gasteiger partial charge on any atom is 0.220 e. The Morgan fingerprint density at radius 1 is 1.24 bits per heavy atom. The van der Waals surface area contributed by atoms with Gasteiger partial charge in [-0.1, -0.05) is 38.1 Å². The molecule has 1 saturated heterocycles. The molecule has 1 aromatic carbocycles. The zero-order valence-electron chi connectivity index (χ0n) is 10.7. The van der Waals surface area contributed by atoms with Crippen LogP contribution in [0.1, 0.15) is 37.8 Å². The van der Waals surface area contributed by atoms with E-state index in [2.05, 4.69) is 43.4 Å². The number of amides is 1. The van der Waals surface area contributed by atoms with Crippen molar-refractivity contribution < 1.29 is 4.79 Å². The Morgan fingerprint density at radius 3 is 2.41 bits per heavy atom. The second-order valence-electron chi connectivity index (χ2n) is 5.42. The maximum absolute atomic E-state index is 11.1. The zero-order chi connectivity index (χ0) is 12.3.